The number of nitrogens with zero attached hydrogens (tertiary/aromatic N) is 9. The Hall–Kier alpha value is -7.41. The molecule has 0 unspecified atom stereocenters. The number of aliphatic imine (C=N–C) groups is 6. The molecule has 0 radical (unpaired) electrons. The molecule has 0 bridgehead atoms. The van der Waals surface area contributed by atoms with Gasteiger partial charge in [0.25, 0.3) is 17.8 Å². The van der Waals surface area contributed by atoms with E-state index in [2.05, 4.69) is 92.7 Å². The fourth-order valence-electron chi connectivity index (χ4n) is 5.89. The van der Waals surface area contributed by atoms with Crippen molar-refractivity contribution in [2.45, 2.75) is 0 Å². The maximum Gasteiger partial charge on any atom is 0.256 e. The van der Waals surface area contributed by atoms with Crippen LogP contribution in [0.4, 0.5) is 17.8 Å². The number of aromatic nitrogens is 3. The molecule has 0 aliphatic rings. The number of ether oxygens (including phenoxy) is 3. The maximum atomic E-state index is 10.0. The Morgan fingerprint density at radius 3 is 0.928 bits per heavy atom. The Kier molecular flexibility index (Phi) is 18.4. The predicted molar refractivity (Wildman–Crippen MR) is 282 cm³/mol. The smallest absolute Gasteiger partial charge is 0.256 e. The summed E-state index contributed by atoms with van der Waals surface area (Å²) < 4.78 is 20.1. The minimum absolute atomic E-state index is 0.0991. The van der Waals surface area contributed by atoms with Crippen LogP contribution < -0.4 is 14.2 Å². The van der Waals surface area contributed by atoms with Crippen molar-refractivity contribution in [3.8, 4) is 34.5 Å². The highest BCUT2D eigenvalue weighted by molar-refractivity contribution is 9.11. The Labute approximate surface area is 423 Å². The SMILES string of the molecule is Oc1ccc(Br)cc1C=NCCOc1ccc(/C=N/c2nc(/N=C/c3ccc(OCCN=Cc4cc(Br)ccc4O)cc3)nc(/N=C/c3ccc(OCCN=Cc4cc(Br)ccc4O)cc3)n2)cc1. The molecule has 0 aliphatic heterocycles. The first-order valence-electron chi connectivity index (χ1n) is 21.1. The number of hydrogen-bond acceptors (Lipinski definition) is 15. The fraction of sp³-hybridized carbons (Fsp3) is 0.118. The van der Waals surface area contributed by atoms with Gasteiger partial charge in [0.15, 0.2) is 0 Å². The lowest BCUT2D eigenvalue weighted by Crippen LogP contribution is -2.01. The van der Waals surface area contributed by atoms with Crippen LogP contribution in [0.25, 0.3) is 0 Å². The van der Waals surface area contributed by atoms with Crippen molar-refractivity contribution in [3.63, 3.8) is 0 Å². The zero-order valence-electron chi connectivity index (χ0n) is 36.6. The lowest BCUT2D eigenvalue weighted by molar-refractivity contribution is 0.329. The summed E-state index contributed by atoms with van der Waals surface area (Å²) in [5, 5.41) is 30.0. The van der Waals surface area contributed by atoms with Crippen LogP contribution in [0.1, 0.15) is 33.4 Å². The average molecular weight is 1120 g/mol. The van der Waals surface area contributed by atoms with Gasteiger partial charge in [0, 0.05) is 67.4 Å². The molecule has 0 fully saturated rings. The highest BCUT2D eigenvalue weighted by Gasteiger charge is 2.06. The van der Waals surface area contributed by atoms with E-state index in [1.165, 1.54) is 0 Å². The van der Waals surface area contributed by atoms with E-state index in [4.69, 9.17) is 14.2 Å². The molecule has 0 saturated heterocycles. The summed E-state index contributed by atoms with van der Waals surface area (Å²) in [6, 6.07) is 37.6. The van der Waals surface area contributed by atoms with Crippen molar-refractivity contribution in [2.24, 2.45) is 30.0 Å². The first-order chi connectivity index (χ1) is 33.6. The lowest BCUT2D eigenvalue weighted by Gasteiger charge is -2.05. The first kappa shape index (κ1) is 49.5. The molecule has 6 aromatic carbocycles. The second-order valence-electron chi connectivity index (χ2n) is 14.5. The van der Waals surface area contributed by atoms with Crippen molar-refractivity contribution in [1.29, 1.82) is 0 Å². The molecule has 15 nitrogen and oxygen atoms in total. The predicted octanol–water partition coefficient (Wildman–Crippen LogP) is 11.0. The van der Waals surface area contributed by atoms with Crippen LogP contribution in [0.15, 0.2) is 171 Å². The van der Waals surface area contributed by atoms with Gasteiger partial charge in [-0.2, -0.15) is 15.0 Å². The summed E-state index contributed by atoms with van der Waals surface area (Å²) in [7, 11) is 0. The number of phenolic OH excluding ortho intramolecular Hbond substituents is 3. The average Bonchev–Trinajstić information content (AvgIpc) is 3.36. The Balaban J connectivity index is 0.976. The van der Waals surface area contributed by atoms with Crippen molar-refractivity contribution < 1.29 is 29.5 Å². The van der Waals surface area contributed by atoms with Crippen LogP contribution in [0.5, 0.6) is 34.5 Å². The van der Waals surface area contributed by atoms with E-state index in [-0.39, 0.29) is 35.1 Å². The van der Waals surface area contributed by atoms with E-state index < -0.39 is 0 Å². The molecular formula is C51H42Br3N9O6. The van der Waals surface area contributed by atoms with Crippen molar-refractivity contribution in [3.05, 3.63) is 174 Å². The molecule has 0 spiro atoms. The van der Waals surface area contributed by atoms with E-state index in [0.29, 0.717) is 73.4 Å². The van der Waals surface area contributed by atoms with Crippen molar-refractivity contribution in [1.82, 2.24) is 15.0 Å². The van der Waals surface area contributed by atoms with Gasteiger partial charge in [0.1, 0.15) is 54.3 Å². The molecule has 7 aromatic rings. The highest BCUT2D eigenvalue weighted by Crippen LogP contribution is 2.23. The molecular weight excluding hydrogens is 1070 g/mol. The van der Waals surface area contributed by atoms with E-state index in [0.717, 1.165) is 30.1 Å². The third-order valence-electron chi connectivity index (χ3n) is 9.35. The number of benzene rings is 6. The molecule has 7 rings (SSSR count). The van der Waals surface area contributed by atoms with E-state index in [1.54, 1.807) is 91.9 Å². The summed E-state index contributed by atoms with van der Waals surface area (Å²) >= 11 is 10.2. The minimum Gasteiger partial charge on any atom is -0.507 e. The monoisotopic (exact) mass is 1110 g/mol. The summed E-state index contributed by atoms with van der Waals surface area (Å²) in [5.74, 6) is 2.73. The van der Waals surface area contributed by atoms with E-state index in [9.17, 15) is 15.3 Å². The molecule has 0 aliphatic carbocycles. The molecule has 348 valence electrons. The minimum atomic E-state index is 0.0991. The van der Waals surface area contributed by atoms with Gasteiger partial charge in [-0.15, -0.1) is 0 Å². The number of aromatic hydroxyl groups is 3. The zero-order chi connectivity index (χ0) is 48.2. The number of rotatable bonds is 21. The molecule has 0 saturated carbocycles. The fourth-order valence-corrected chi connectivity index (χ4v) is 7.02. The van der Waals surface area contributed by atoms with Crippen LogP contribution in [0, 0.1) is 0 Å². The van der Waals surface area contributed by atoms with Gasteiger partial charge in [0.2, 0.25) is 0 Å². The standard InChI is InChI=1S/C51H42Br3N9O6/c52-40-7-16-46(64)37(25-40)31-55-19-22-67-43-10-1-34(2-11-43)28-58-49-61-50(59-29-35-3-12-44(13-4-35)68-23-20-56-32-38-26-41(53)8-17-47(38)65)63-51(62-49)60-30-36-5-14-45(15-6-36)69-24-21-57-33-39-27-42(54)9-18-48(39)66/h1-18,25-33,64-66H,19-24H2/b55-31?,56-32?,57-33?,58-28+,59-29+,60-30+. The topological polar surface area (TPSA) is 201 Å². The highest BCUT2D eigenvalue weighted by atomic mass is 79.9. The molecule has 18 heteroatoms. The van der Waals surface area contributed by atoms with E-state index >= 15 is 0 Å². The largest absolute Gasteiger partial charge is 0.507 e. The Bertz CT molecular complexity index is 2670. The number of hydrogen-bond donors (Lipinski definition) is 3. The van der Waals surface area contributed by atoms with Gasteiger partial charge < -0.3 is 29.5 Å². The van der Waals surface area contributed by atoms with Gasteiger partial charge in [-0.3, -0.25) is 15.0 Å². The van der Waals surface area contributed by atoms with Crippen molar-refractivity contribution >= 4 is 103 Å². The second kappa shape index (κ2) is 25.6. The lowest BCUT2D eigenvalue weighted by atomic mass is 10.2. The third kappa shape index (κ3) is 16.4. The molecule has 1 aromatic heterocycles. The van der Waals surface area contributed by atoms with Crippen LogP contribution in [-0.2, 0) is 0 Å². The summed E-state index contributed by atoms with van der Waals surface area (Å²) in [4.78, 5) is 40.0. The van der Waals surface area contributed by atoms with Gasteiger partial charge in [-0.05, 0) is 144 Å². The third-order valence-corrected chi connectivity index (χ3v) is 10.8. The molecule has 1 heterocycles. The summed E-state index contributed by atoms with van der Waals surface area (Å²) in [5.41, 5.74) is 4.17. The molecule has 0 amide bonds. The van der Waals surface area contributed by atoms with Gasteiger partial charge in [-0.1, -0.05) is 47.8 Å². The summed E-state index contributed by atoms with van der Waals surface area (Å²) in [6.45, 7) is 2.25. The Morgan fingerprint density at radius 2 is 0.652 bits per heavy atom. The number of halogens is 3. The molecule has 3 N–H and O–H groups in total. The molecule has 0 atom stereocenters. The maximum absolute atomic E-state index is 10.0. The van der Waals surface area contributed by atoms with Crippen LogP contribution in [0.3, 0.4) is 0 Å². The van der Waals surface area contributed by atoms with Crippen LogP contribution in [-0.4, -0.2) is 107 Å². The molecule has 69 heavy (non-hydrogen) atoms. The number of phenols is 3. The quantitative estimate of drug-likeness (QED) is 0.0462. The Morgan fingerprint density at radius 1 is 0.377 bits per heavy atom. The van der Waals surface area contributed by atoms with Crippen molar-refractivity contribution in [2.75, 3.05) is 39.5 Å². The van der Waals surface area contributed by atoms with Crippen LogP contribution >= 0.6 is 47.8 Å². The summed E-state index contributed by atoms with van der Waals surface area (Å²) in [6.07, 6.45) is 9.71. The van der Waals surface area contributed by atoms with Gasteiger partial charge in [0.05, 0.1) is 19.6 Å². The second-order valence-corrected chi connectivity index (χ2v) is 17.2. The van der Waals surface area contributed by atoms with Gasteiger partial charge in [-0.25, -0.2) is 15.0 Å². The zero-order valence-corrected chi connectivity index (χ0v) is 41.3. The van der Waals surface area contributed by atoms with Gasteiger partial charge >= 0.3 is 0 Å². The first-order valence-corrected chi connectivity index (χ1v) is 23.5. The normalized spacial score (nSPS) is 11.9. The van der Waals surface area contributed by atoms with Crippen LogP contribution in [0.2, 0.25) is 0 Å². The van der Waals surface area contributed by atoms with E-state index in [1.807, 2.05) is 72.8 Å².